The third-order valence-electron chi connectivity index (χ3n) is 2.85. The first kappa shape index (κ1) is 16.6. The molecule has 1 N–H and O–H groups in total. The highest BCUT2D eigenvalue weighted by Gasteiger charge is 2.30. The van der Waals surface area contributed by atoms with Gasteiger partial charge >= 0.3 is 6.18 Å². The van der Waals surface area contributed by atoms with Crippen molar-refractivity contribution in [2.24, 2.45) is 0 Å². The van der Waals surface area contributed by atoms with E-state index in [0.717, 1.165) is 12.1 Å². The molecule has 2 aromatic rings. The van der Waals surface area contributed by atoms with E-state index in [1.54, 1.807) is 18.2 Å². The minimum absolute atomic E-state index is 0.221. The smallest absolute Gasteiger partial charge is 0.416 e. The summed E-state index contributed by atoms with van der Waals surface area (Å²) in [4.78, 5) is 0.221. The lowest BCUT2D eigenvalue weighted by molar-refractivity contribution is -0.137. The molecular weight excluding hydrogens is 335 g/mol. The molecule has 2 aromatic carbocycles. The predicted octanol–water partition coefficient (Wildman–Crippen LogP) is 5.16. The lowest BCUT2D eigenvalue weighted by Crippen LogP contribution is -2.13. The van der Waals surface area contributed by atoms with Crippen molar-refractivity contribution in [2.75, 3.05) is 12.4 Å². The number of ether oxygens (including phenoxy) is 1. The third-order valence-corrected chi connectivity index (χ3v) is 3.41. The Morgan fingerprint density at radius 3 is 2.55 bits per heavy atom. The first-order valence-electron chi connectivity index (χ1n) is 6.13. The Balaban J connectivity index is 2.28. The molecule has 0 radical (unpaired) electrons. The maximum Gasteiger partial charge on any atom is 0.416 e. The molecule has 116 valence electrons. The zero-order valence-corrected chi connectivity index (χ0v) is 12.9. The van der Waals surface area contributed by atoms with Crippen LogP contribution in [-0.4, -0.2) is 12.1 Å². The summed E-state index contributed by atoms with van der Waals surface area (Å²) in [5.41, 5.74) is -0.0115. The fourth-order valence-corrected chi connectivity index (χ4v) is 2.28. The number of hydrogen-bond acceptors (Lipinski definition) is 2. The lowest BCUT2D eigenvalue weighted by Gasteiger charge is -2.13. The van der Waals surface area contributed by atoms with E-state index in [1.165, 1.54) is 19.2 Å². The van der Waals surface area contributed by atoms with E-state index >= 15 is 0 Å². The van der Waals surface area contributed by atoms with Crippen LogP contribution in [0.3, 0.4) is 0 Å². The van der Waals surface area contributed by atoms with Crippen molar-refractivity contribution in [1.29, 1.82) is 0 Å². The molecular formula is C15H11ClF3NOS. The Morgan fingerprint density at radius 1 is 1.18 bits per heavy atom. The maximum absolute atomic E-state index is 12.7. The van der Waals surface area contributed by atoms with Crippen LogP contribution >= 0.6 is 23.8 Å². The van der Waals surface area contributed by atoms with E-state index in [9.17, 15) is 13.2 Å². The van der Waals surface area contributed by atoms with Gasteiger partial charge in [-0.05, 0) is 36.4 Å². The molecule has 7 heteroatoms. The van der Waals surface area contributed by atoms with Gasteiger partial charge < -0.3 is 10.1 Å². The molecule has 0 amide bonds. The number of methoxy groups -OCH3 is 1. The highest BCUT2D eigenvalue weighted by atomic mass is 35.5. The van der Waals surface area contributed by atoms with Crippen LogP contribution in [0.4, 0.5) is 18.9 Å². The number of halogens is 4. The average molecular weight is 346 g/mol. The second-order valence-corrected chi connectivity index (χ2v) is 5.22. The molecule has 0 bridgehead atoms. The SMILES string of the molecule is COc1ccc(Cl)cc1C(=S)Nc1cccc(C(F)(F)F)c1. The summed E-state index contributed by atoms with van der Waals surface area (Å²) in [6.07, 6.45) is -4.41. The molecule has 2 nitrogen and oxygen atoms in total. The zero-order chi connectivity index (χ0) is 16.3. The first-order valence-corrected chi connectivity index (χ1v) is 6.92. The van der Waals surface area contributed by atoms with E-state index in [4.69, 9.17) is 28.6 Å². The second kappa shape index (κ2) is 6.54. The van der Waals surface area contributed by atoms with Crippen molar-refractivity contribution in [3.63, 3.8) is 0 Å². The molecule has 0 aromatic heterocycles. The lowest BCUT2D eigenvalue weighted by atomic mass is 10.1. The Morgan fingerprint density at radius 2 is 1.91 bits per heavy atom. The molecule has 0 aliphatic heterocycles. The normalized spacial score (nSPS) is 11.1. The standard InChI is InChI=1S/C15H11ClF3NOS/c1-21-13-6-5-10(16)8-12(13)14(22)20-11-4-2-3-9(7-11)15(17,18)19/h2-8H,1H3,(H,20,22). The van der Waals surface area contributed by atoms with Crippen LogP contribution in [0.2, 0.25) is 5.02 Å². The summed E-state index contributed by atoms with van der Waals surface area (Å²) >= 11 is 11.1. The van der Waals surface area contributed by atoms with Gasteiger partial charge in [0, 0.05) is 10.7 Å². The molecule has 0 unspecified atom stereocenters. The highest BCUT2D eigenvalue weighted by Crippen LogP contribution is 2.31. The van der Waals surface area contributed by atoms with Crippen molar-refractivity contribution in [1.82, 2.24) is 0 Å². The van der Waals surface area contributed by atoms with E-state index in [-0.39, 0.29) is 10.7 Å². The Kier molecular flexibility index (Phi) is 4.93. The minimum atomic E-state index is -4.41. The molecule has 0 saturated heterocycles. The number of benzene rings is 2. The van der Waals surface area contributed by atoms with Crippen LogP contribution in [0, 0.1) is 0 Å². The number of alkyl halides is 3. The van der Waals surface area contributed by atoms with E-state index < -0.39 is 11.7 Å². The fraction of sp³-hybridized carbons (Fsp3) is 0.133. The molecule has 2 rings (SSSR count). The molecule has 0 spiro atoms. The number of anilines is 1. The van der Waals surface area contributed by atoms with Gasteiger partial charge in [-0.15, -0.1) is 0 Å². The van der Waals surface area contributed by atoms with Crippen molar-refractivity contribution < 1.29 is 17.9 Å². The zero-order valence-electron chi connectivity index (χ0n) is 11.4. The van der Waals surface area contributed by atoms with Gasteiger partial charge in [0.1, 0.15) is 10.7 Å². The molecule has 0 atom stereocenters. The molecule has 22 heavy (non-hydrogen) atoms. The van der Waals surface area contributed by atoms with Gasteiger partial charge in [0.2, 0.25) is 0 Å². The fourth-order valence-electron chi connectivity index (χ4n) is 1.83. The minimum Gasteiger partial charge on any atom is -0.496 e. The molecule has 0 heterocycles. The Bertz CT molecular complexity index is 703. The summed E-state index contributed by atoms with van der Waals surface area (Å²) in [5.74, 6) is 0.480. The number of rotatable bonds is 3. The number of thiocarbonyl (C=S) groups is 1. The van der Waals surface area contributed by atoms with Gasteiger partial charge in [-0.3, -0.25) is 0 Å². The highest BCUT2D eigenvalue weighted by molar-refractivity contribution is 7.81. The maximum atomic E-state index is 12.7. The molecule has 0 aliphatic carbocycles. The van der Waals surface area contributed by atoms with Crippen molar-refractivity contribution in [3.8, 4) is 5.75 Å². The van der Waals surface area contributed by atoms with Crippen LogP contribution < -0.4 is 10.1 Å². The molecule has 0 saturated carbocycles. The van der Waals surface area contributed by atoms with Crippen LogP contribution in [-0.2, 0) is 6.18 Å². The summed E-state index contributed by atoms with van der Waals surface area (Å²) < 4.78 is 43.3. The third kappa shape index (κ3) is 3.90. The predicted molar refractivity (Wildman–Crippen MR) is 84.8 cm³/mol. The average Bonchev–Trinajstić information content (AvgIpc) is 2.46. The van der Waals surface area contributed by atoms with Crippen molar-refractivity contribution in [2.45, 2.75) is 6.18 Å². The van der Waals surface area contributed by atoms with E-state index in [2.05, 4.69) is 5.32 Å². The summed E-state index contributed by atoms with van der Waals surface area (Å²) in [5, 5.41) is 3.21. The van der Waals surface area contributed by atoms with Gasteiger partial charge in [0.05, 0.1) is 18.2 Å². The number of hydrogen-bond donors (Lipinski definition) is 1. The van der Waals surface area contributed by atoms with Crippen LogP contribution in [0.1, 0.15) is 11.1 Å². The largest absolute Gasteiger partial charge is 0.496 e. The van der Waals surface area contributed by atoms with E-state index in [0.29, 0.717) is 16.3 Å². The second-order valence-electron chi connectivity index (χ2n) is 4.38. The van der Waals surface area contributed by atoms with Gasteiger partial charge in [-0.1, -0.05) is 29.9 Å². The molecule has 0 fully saturated rings. The Labute approximate surface area is 135 Å². The van der Waals surface area contributed by atoms with Crippen molar-refractivity contribution in [3.05, 3.63) is 58.6 Å². The van der Waals surface area contributed by atoms with Crippen molar-refractivity contribution >= 4 is 34.5 Å². The van der Waals surface area contributed by atoms with Crippen LogP contribution in [0.15, 0.2) is 42.5 Å². The monoisotopic (exact) mass is 345 g/mol. The van der Waals surface area contributed by atoms with Gasteiger partial charge in [0.25, 0.3) is 0 Å². The van der Waals surface area contributed by atoms with Gasteiger partial charge in [-0.25, -0.2) is 0 Å². The quantitative estimate of drug-likeness (QED) is 0.777. The summed E-state index contributed by atoms with van der Waals surface area (Å²) in [6, 6.07) is 9.65. The molecule has 0 aliphatic rings. The van der Waals surface area contributed by atoms with Gasteiger partial charge in [-0.2, -0.15) is 13.2 Å². The summed E-state index contributed by atoms with van der Waals surface area (Å²) in [6.45, 7) is 0. The topological polar surface area (TPSA) is 21.3 Å². The first-order chi connectivity index (χ1) is 10.3. The number of nitrogens with one attached hydrogen (secondary N) is 1. The Hall–Kier alpha value is -1.79. The van der Waals surface area contributed by atoms with Crippen LogP contribution in [0.5, 0.6) is 5.75 Å². The summed E-state index contributed by atoms with van der Waals surface area (Å²) in [7, 11) is 1.47. The van der Waals surface area contributed by atoms with Crippen LogP contribution in [0.25, 0.3) is 0 Å². The van der Waals surface area contributed by atoms with E-state index in [1.807, 2.05) is 0 Å². The van der Waals surface area contributed by atoms with Gasteiger partial charge in [0.15, 0.2) is 0 Å².